The summed E-state index contributed by atoms with van der Waals surface area (Å²) in [6.07, 6.45) is 1.40. The summed E-state index contributed by atoms with van der Waals surface area (Å²) >= 11 is 0. The average Bonchev–Trinajstić information content (AvgIpc) is 2.74. The Morgan fingerprint density at radius 2 is 2.06 bits per heavy atom. The summed E-state index contributed by atoms with van der Waals surface area (Å²) in [5.74, 6) is -0.842. The highest BCUT2D eigenvalue weighted by Crippen LogP contribution is 2.33. The fourth-order valence-electron chi connectivity index (χ4n) is 1.61. The number of ketones is 1. The molecular weight excluding hydrogens is 208 g/mol. The van der Waals surface area contributed by atoms with E-state index >= 15 is 0 Å². The van der Waals surface area contributed by atoms with Crippen LogP contribution in [0.2, 0.25) is 0 Å². The van der Waals surface area contributed by atoms with Gasteiger partial charge in [0.05, 0.1) is 6.26 Å². The summed E-state index contributed by atoms with van der Waals surface area (Å²) in [6, 6.07) is 3.13. The molecule has 0 aromatic carbocycles. The maximum Gasteiger partial charge on any atom is 0.343 e. The van der Waals surface area contributed by atoms with Crippen LogP contribution < -0.4 is 0 Å². The van der Waals surface area contributed by atoms with Crippen molar-refractivity contribution in [3.63, 3.8) is 0 Å². The molecule has 4 nitrogen and oxygen atoms in total. The zero-order chi connectivity index (χ0) is 11.9. The molecule has 0 radical (unpaired) electrons. The second kappa shape index (κ2) is 3.33. The van der Waals surface area contributed by atoms with Gasteiger partial charge in [0.15, 0.2) is 5.76 Å². The first kappa shape index (κ1) is 10.7. The van der Waals surface area contributed by atoms with Crippen molar-refractivity contribution in [1.29, 1.82) is 0 Å². The molecule has 16 heavy (non-hydrogen) atoms. The Morgan fingerprint density at radius 1 is 1.38 bits per heavy atom. The molecule has 1 aliphatic heterocycles. The molecule has 0 N–H and O–H groups in total. The van der Waals surface area contributed by atoms with Crippen LogP contribution in [0.4, 0.5) is 0 Å². The van der Waals surface area contributed by atoms with Crippen molar-refractivity contribution in [2.24, 2.45) is 0 Å². The molecule has 0 unspecified atom stereocenters. The lowest BCUT2D eigenvalue weighted by Crippen LogP contribution is -2.21. The molecule has 0 fully saturated rings. The van der Waals surface area contributed by atoms with Crippen LogP contribution in [0, 0.1) is 0 Å². The minimum absolute atomic E-state index is 0.0833. The highest BCUT2D eigenvalue weighted by atomic mass is 16.6. The summed E-state index contributed by atoms with van der Waals surface area (Å²) in [4.78, 5) is 23.6. The lowest BCUT2D eigenvalue weighted by molar-refractivity contribution is -0.144. The molecule has 0 saturated heterocycles. The topological polar surface area (TPSA) is 56.5 Å². The van der Waals surface area contributed by atoms with Gasteiger partial charge in [-0.05, 0) is 38.5 Å². The fraction of sp³-hybridized carbons (Fsp3) is 0.333. The zero-order valence-corrected chi connectivity index (χ0v) is 9.37. The number of hydrogen-bond donors (Lipinski definition) is 0. The largest absolute Gasteiger partial charge is 0.461 e. The molecule has 0 atom stereocenters. The van der Waals surface area contributed by atoms with E-state index in [1.54, 1.807) is 26.8 Å². The van der Waals surface area contributed by atoms with Gasteiger partial charge in [-0.1, -0.05) is 0 Å². The van der Waals surface area contributed by atoms with E-state index in [0.29, 0.717) is 5.57 Å². The van der Waals surface area contributed by atoms with Gasteiger partial charge in [-0.2, -0.15) is 0 Å². The van der Waals surface area contributed by atoms with Crippen LogP contribution in [0.5, 0.6) is 0 Å². The molecule has 84 valence electrons. The van der Waals surface area contributed by atoms with Crippen molar-refractivity contribution < 1.29 is 18.7 Å². The Hall–Kier alpha value is -1.84. The van der Waals surface area contributed by atoms with E-state index in [-0.39, 0.29) is 11.3 Å². The third-order valence-electron chi connectivity index (χ3n) is 2.80. The molecule has 0 aliphatic carbocycles. The van der Waals surface area contributed by atoms with Gasteiger partial charge in [-0.25, -0.2) is 4.79 Å². The molecule has 0 saturated carbocycles. The highest BCUT2D eigenvalue weighted by molar-refractivity contribution is 6.25. The number of furan rings is 1. The minimum Gasteiger partial charge on any atom is -0.461 e. The predicted molar refractivity (Wildman–Crippen MR) is 55.9 cm³/mol. The molecule has 1 aromatic heterocycles. The smallest absolute Gasteiger partial charge is 0.343 e. The fourth-order valence-corrected chi connectivity index (χ4v) is 1.61. The van der Waals surface area contributed by atoms with Crippen LogP contribution in [0.15, 0.2) is 34.0 Å². The molecule has 2 rings (SSSR count). The van der Waals surface area contributed by atoms with Crippen molar-refractivity contribution in [2.45, 2.75) is 26.4 Å². The number of rotatable bonds is 2. The van der Waals surface area contributed by atoms with Crippen molar-refractivity contribution >= 4 is 11.8 Å². The Labute approximate surface area is 92.9 Å². The van der Waals surface area contributed by atoms with Crippen LogP contribution in [0.3, 0.4) is 0 Å². The number of Topliss-reactive ketones (excluding diaryl/α,β-unsaturated/α-hetero) is 1. The van der Waals surface area contributed by atoms with Crippen LogP contribution in [-0.2, 0) is 9.53 Å². The zero-order valence-electron chi connectivity index (χ0n) is 9.37. The van der Waals surface area contributed by atoms with Gasteiger partial charge in [0.25, 0.3) is 0 Å². The van der Waals surface area contributed by atoms with Gasteiger partial charge in [0.2, 0.25) is 5.78 Å². The molecule has 1 aromatic rings. The molecule has 4 heteroatoms. The van der Waals surface area contributed by atoms with Gasteiger partial charge in [0, 0.05) is 0 Å². The molecule has 2 heterocycles. The van der Waals surface area contributed by atoms with E-state index in [2.05, 4.69) is 0 Å². The standard InChI is InChI=1S/C12H12O4/c1-7-9(11(14)16-12(7,2)3)10(13)8-5-4-6-15-8/h4-6H,1-3H3. The summed E-state index contributed by atoms with van der Waals surface area (Å²) in [6.45, 7) is 5.23. The number of ether oxygens (including phenoxy) is 1. The molecule has 0 spiro atoms. The number of cyclic esters (lactones) is 1. The van der Waals surface area contributed by atoms with E-state index in [1.165, 1.54) is 12.3 Å². The Kier molecular flexibility index (Phi) is 2.22. The van der Waals surface area contributed by atoms with Gasteiger partial charge in [-0.15, -0.1) is 0 Å². The lowest BCUT2D eigenvalue weighted by atomic mass is 9.95. The van der Waals surface area contributed by atoms with Gasteiger partial charge < -0.3 is 9.15 Å². The van der Waals surface area contributed by atoms with Gasteiger partial charge >= 0.3 is 5.97 Å². The van der Waals surface area contributed by atoms with Crippen molar-refractivity contribution in [2.75, 3.05) is 0 Å². The monoisotopic (exact) mass is 220 g/mol. The van der Waals surface area contributed by atoms with Gasteiger partial charge in [0.1, 0.15) is 11.2 Å². The Balaban J connectivity index is 2.45. The summed E-state index contributed by atoms with van der Waals surface area (Å²) in [7, 11) is 0. The van der Waals surface area contributed by atoms with E-state index < -0.39 is 17.4 Å². The summed E-state index contributed by atoms with van der Waals surface area (Å²) in [5, 5.41) is 0. The Morgan fingerprint density at radius 3 is 2.50 bits per heavy atom. The number of esters is 1. The van der Waals surface area contributed by atoms with E-state index in [9.17, 15) is 9.59 Å². The van der Waals surface area contributed by atoms with Crippen molar-refractivity contribution in [3.8, 4) is 0 Å². The quantitative estimate of drug-likeness (QED) is 0.435. The Bertz CT molecular complexity index is 477. The second-order valence-corrected chi connectivity index (χ2v) is 4.21. The number of hydrogen-bond acceptors (Lipinski definition) is 4. The second-order valence-electron chi connectivity index (χ2n) is 4.21. The normalized spacial score (nSPS) is 18.8. The van der Waals surface area contributed by atoms with Crippen LogP contribution in [0.25, 0.3) is 0 Å². The summed E-state index contributed by atoms with van der Waals surface area (Å²) < 4.78 is 10.1. The number of carbonyl (C=O) groups excluding carboxylic acids is 2. The van der Waals surface area contributed by atoms with Gasteiger partial charge in [-0.3, -0.25) is 4.79 Å². The third kappa shape index (κ3) is 1.46. The molecule has 0 amide bonds. The first-order valence-corrected chi connectivity index (χ1v) is 4.96. The lowest BCUT2D eigenvalue weighted by Gasteiger charge is -2.17. The first-order chi connectivity index (χ1) is 7.43. The summed E-state index contributed by atoms with van der Waals surface area (Å²) in [5.41, 5.74) is 0.00754. The van der Waals surface area contributed by atoms with Crippen molar-refractivity contribution in [1.82, 2.24) is 0 Å². The molecular formula is C12H12O4. The van der Waals surface area contributed by atoms with E-state index in [4.69, 9.17) is 9.15 Å². The third-order valence-corrected chi connectivity index (χ3v) is 2.80. The van der Waals surface area contributed by atoms with E-state index in [1.807, 2.05) is 0 Å². The first-order valence-electron chi connectivity index (χ1n) is 4.96. The highest BCUT2D eigenvalue weighted by Gasteiger charge is 2.41. The number of carbonyl (C=O) groups is 2. The molecule has 1 aliphatic rings. The predicted octanol–water partition coefficient (Wildman–Crippen LogP) is 2.11. The average molecular weight is 220 g/mol. The van der Waals surface area contributed by atoms with E-state index in [0.717, 1.165) is 0 Å². The maximum absolute atomic E-state index is 12.0. The maximum atomic E-state index is 12.0. The SMILES string of the molecule is CC1=C(C(=O)c2ccco2)C(=O)OC1(C)C. The van der Waals surface area contributed by atoms with Crippen LogP contribution in [0.1, 0.15) is 31.3 Å². The van der Waals surface area contributed by atoms with Crippen LogP contribution in [-0.4, -0.2) is 17.4 Å². The van der Waals surface area contributed by atoms with Crippen molar-refractivity contribution in [3.05, 3.63) is 35.3 Å². The molecule has 0 bridgehead atoms. The van der Waals surface area contributed by atoms with Crippen LogP contribution >= 0.6 is 0 Å². The minimum atomic E-state index is -0.714.